The first-order chi connectivity index (χ1) is 15.8. The molecule has 6 fully saturated rings. The average Bonchev–Trinajstić information content (AvgIpc) is 3.37. The van der Waals surface area contributed by atoms with Crippen molar-refractivity contribution in [2.24, 2.45) is 68.0 Å². The monoisotopic (exact) mass is 486 g/mol. The molecule has 10 atom stereocenters. The third-order valence-electron chi connectivity index (χ3n) is 15.3. The predicted molar refractivity (Wildman–Crippen MR) is 142 cm³/mol. The molecule has 0 radical (unpaired) electrons. The van der Waals surface area contributed by atoms with E-state index >= 15 is 0 Å². The fraction of sp³-hybridized carbons (Fsp3) is 0.969. The van der Waals surface area contributed by atoms with Crippen LogP contribution in [0.5, 0.6) is 0 Å². The number of carbonyl (C=O) groups is 1. The second-order valence-electron chi connectivity index (χ2n) is 16.2. The first kappa shape index (κ1) is 24.3. The van der Waals surface area contributed by atoms with Gasteiger partial charge in [-0.2, -0.15) is 0 Å². The van der Waals surface area contributed by atoms with Crippen molar-refractivity contribution in [1.29, 1.82) is 0 Å². The summed E-state index contributed by atoms with van der Waals surface area (Å²) in [4.78, 5) is 13.1. The first-order valence-corrected chi connectivity index (χ1v) is 15.3. The van der Waals surface area contributed by atoms with Crippen LogP contribution in [0.1, 0.15) is 126 Å². The Kier molecular flexibility index (Phi) is 5.06. The molecule has 0 heterocycles. The van der Waals surface area contributed by atoms with Crippen molar-refractivity contribution >= 4 is 16.8 Å². The fourth-order valence-corrected chi connectivity index (χ4v) is 12.8. The molecule has 6 aliphatic rings. The topological polar surface area (TPSA) is 17.1 Å². The van der Waals surface area contributed by atoms with Crippen LogP contribution in [-0.4, -0.2) is 5.24 Å². The zero-order valence-corrected chi connectivity index (χ0v) is 24.0. The van der Waals surface area contributed by atoms with Crippen LogP contribution in [-0.2, 0) is 4.79 Å². The number of carbonyl (C=O) groups excluding carboxylic acids is 1. The summed E-state index contributed by atoms with van der Waals surface area (Å²) < 4.78 is 0. The van der Waals surface area contributed by atoms with E-state index in [1.807, 2.05) is 0 Å². The van der Waals surface area contributed by atoms with E-state index in [4.69, 9.17) is 11.6 Å². The Morgan fingerprint density at radius 2 is 1.38 bits per heavy atom. The quantitative estimate of drug-likeness (QED) is 0.355. The van der Waals surface area contributed by atoms with Gasteiger partial charge in [0.25, 0.3) is 0 Å². The molecule has 1 nitrogen and oxygen atoms in total. The molecular formula is C32H51ClO. The van der Waals surface area contributed by atoms with Crippen LogP contribution in [0.25, 0.3) is 0 Å². The van der Waals surface area contributed by atoms with Gasteiger partial charge >= 0.3 is 0 Å². The van der Waals surface area contributed by atoms with E-state index < -0.39 is 0 Å². The Balaban J connectivity index is 1.41. The lowest BCUT2D eigenvalue weighted by Crippen LogP contribution is -2.66. The Hall–Kier alpha value is -0.0400. The van der Waals surface area contributed by atoms with E-state index in [0.717, 1.165) is 36.5 Å². The number of hydrogen-bond acceptors (Lipinski definition) is 1. The molecule has 192 valence electrons. The lowest BCUT2D eigenvalue weighted by Gasteiger charge is -2.73. The van der Waals surface area contributed by atoms with E-state index in [-0.39, 0.29) is 10.7 Å². The van der Waals surface area contributed by atoms with Gasteiger partial charge in [-0.25, -0.2) is 0 Å². The minimum atomic E-state index is -0.214. The zero-order chi connectivity index (χ0) is 24.5. The summed E-state index contributed by atoms with van der Waals surface area (Å²) in [6.45, 7) is 18.4. The molecule has 0 unspecified atom stereocenters. The molecule has 0 spiro atoms. The van der Waals surface area contributed by atoms with Crippen LogP contribution >= 0.6 is 11.6 Å². The molecule has 0 saturated heterocycles. The molecule has 6 rings (SSSR count). The smallest absolute Gasteiger partial charge is 0.228 e. The molecule has 0 aromatic carbocycles. The number of halogens is 1. The Labute approximate surface area is 214 Å². The Morgan fingerprint density at radius 1 is 0.676 bits per heavy atom. The third kappa shape index (κ3) is 2.73. The molecule has 0 aliphatic heterocycles. The van der Waals surface area contributed by atoms with Crippen molar-refractivity contribution in [2.45, 2.75) is 126 Å². The summed E-state index contributed by atoms with van der Waals surface area (Å²) in [6, 6.07) is 0. The molecule has 34 heavy (non-hydrogen) atoms. The van der Waals surface area contributed by atoms with E-state index in [1.54, 1.807) is 0 Å². The molecule has 6 aliphatic carbocycles. The second kappa shape index (κ2) is 7.08. The van der Waals surface area contributed by atoms with Crippen molar-refractivity contribution in [2.75, 3.05) is 0 Å². The maximum absolute atomic E-state index is 13.1. The summed E-state index contributed by atoms with van der Waals surface area (Å²) in [5.41, 5.74) is 1.96. The highest BCUT2D eigenvalue weighted by Crippen LogP contribution is 2.79. The largest absolute Gasteiger partial charge is 0.281 e. The first-order valence-electron chi connectivity index (χ1n) is 15.0. The molecule has 6 saturated carbocycles. The SMILES string of the molecule is C[C@H]1CC[C@]2(C)[C@H]3CC[C@@H]4[C@H]5[C@H](C6(C)CC6)CC[C@]5(C(=O)Cl)CC[C@@]4(C)[C@]3(C)CC[C@H]2C1(C)C. The predicted octanol–water partition coefficient (Wildman–Crippen LogP) is 9.27. The van der Waals surface area contributed by atoms with Crippen molar-refractivity contribution in [3.05, 3.63) is 0 Å². The van der Waals surface area contributed by atoms with Gasteiger partial charge in [0.2, 0.25) is 5.24 Å². The van der Waals surface area contributed by atoms with Crippen molar-refractivity contribution in [3.8, 4) is 0 Å². The number of fused-ring (bicyclic) bond motifs is 7. The minimum Gasteiger partial charge on any atom is -0.281 e. The van der Waals surface area contributed by atoms with Gasteiger partial charge in [-0.15, -0.1) is 0 Å². The molecule has 0 aromatic rings. The second-order valence-corrected chi connectivity index (χ2v) is 16.5. The lowest BCUT2D eigenvalue weighted by molar-refractivity contribution is -0.242. The Morgan fingerprint density at radius 3 is 2.03 bits per heavy atom. The molecule has 2 heteroatoms. The molecule has 0 bridgehead atoms. The maximum atomic E-state index is 13.1. The van der Waals surface area contributed by atoms with Crippen LogP contribution in [0.3, 0.4) is 0 Å². The van der Waals surface area contributed by atoms with Crippen molar-refractivity contribution in [3.63, 3.8) is 0 Å². The highest BCUT2D eigenvalue weighted by Gasteiger charge is 2.73. The van der Waals surface area contributed by atoms with Gasteiger partial charge in [0.05, 0.1) is 0 Å². The molecule has 0 amide bonds. The fourth-order valence-electron chi connectivity index (χ4n) is 12.5. The zero-order valence-electron chi connectivity index (χ0n) is 23.2. The van der Waals surface area contributed by atoms with Crippen LogP contribution < -0.4 is 0 Å². The third-order valence-corrected chi connectivity index (χ3v) is 15.7. The lowest BCUT2D eigenvalue weighted by atomic mass is 9.32. The minimum absolute atomic E-state index is 0.0252. The molecular weight excluding hydrogens is 436 g/mol. The summed E-state index contributed by atoms with van der Waals surface area (Å²) in [6.07, 6.45) is 15.7. The van der Waals surface area contributed by atoms with Gasteiger partial charge in [-0.1, -0.05) is 48.5 Å². The highest BCUT2D eigenvalue weighted by molar-refractivity contribution is 6.64. The standard InChI is InChI=1S/C32H51ClO/c1-20-10-13-29(5)23(27(20,2)3)12-14-31(7)24(29)9-8-22-25-21(28(4)16-17-28)11-15-32(25,26(33)34)19-18-30(22,31)6/h20-25H,8-19H2,1-7H3/t20-,21+,22+,23-,24+,25+,29-,30+,31+,32-/m0/s1. The van der Waals surface area contributed by atoms with Gasteiger partial charge in [-0.05, 0) is 151 Å². The van der Waals surface area contributed by atoms with E-state index in [0.29, 0.717) is 38.9 Å². The van der Waals surface area contributed by atoms with Crippen LogP contribution in [0.2, 0.25) is 0 Å². The molecule has 0 aromatic heterocycles. The van der Waals surface area contributed by atoms with Crippen molar-refractivity contribution in [1.82, 2.24) is 0 Å². The van der Waals surface area contributed by atoms with Gasteiger partial charge in [0.15, 0.2) is 0 Å². The number of rotatable bonds is 2. The van der Waals surface area contributed by atoms with Gasteiger partial charge in [0, 0.05) is 5.41 Å². The van der Waals surface area contributed by atoms with Crippen LogP contribution in [0.15, 0.2) is 0 Å². The Bertz CT molecular complexity index is 887. The molecule has 0 N–H and O–H groups in total. The average molecular weight is 487 g/mol. The summed E-state index contributed by atoms with van der Waals surface area (Å²) in [7, 11) is 0. The van der Waals surface area contributed by atoms with E-state index in [9.17, 15) is 4.79 Å². The normalized spacial score (nSPS) is 57.1. The maximum Gasteiger partial charge on any atom is 0.228 e. The van der Waals surface area contributed by atoms with Gasteiger partial charge < -0.3 is 0 Å². The van der Waals surface area contributed by atoms with Crippen LogP contribution in [0.4, 0.5) is 0 Å². The summed E-state index contributed by atoms with van der Waals surface area (Å²) in [5, 5.41) is 0.0252. The van der Waals surface area contributed by atoms with Gasteiger partial charge in [-0.3, -0.25) is 4.79 Å². The highest BCUT2D eigenvalue weighted by atomic mass is 35.5. The summed E-state index contributed by atoms with van der Waals surface area (Å²) in [5.74, 6) is 4.48. The van der Waals surface area contributed by atoms with E-state index in [2.05, 4.69) is 48.5 Å². The van der Waals surface area contributed by atoms with Gasteiger partial charge in [0.1, 0.15) is 0 Å². The van der Waals surface area contributed by atoms with Crippen molar-refractivity contribution < 1.29 is 4.79 Å². The number of hydrogen-bond donors (Lipinski definition) is 0. The van der Waals surface area contributed by atoms with Crippen LogP contribution in [0, 0.1) is 68.0 Å². The van der Waals surface area contributed by atoms with E-state index in [1.165, 1.54) is 64.2 Å². The summed E-state index contributed by atoms with van der Waals surface area (Å²) >= 11 is 6.55.